The molecule has 0 aromatic heterocycles. The van der Waals surface area contributed by atoms with Crippen molar-refractivity contribution in [2.24, 2.45) is 10.8 Å². The van der Waals surface area contributed by atoms with Crippen molar-refractivity contribution in [1.82, 2.24) is 5.32 Å². The van der Waals surface area contributed by atoms with Gasteiger partial charge in [0.1, 0.15) is 12.6 Å². The number of rotatable bonds is 15. The van der Waals surface area contributed by atoms with E-state index in [0.717, 1.165) is 19.3 Å². The molecule has 1 atom stereocenters. The zero-order valence-electron chi connectivity index (χ0n) is 26.2. The van der Waals surface area contributed by atoms with Crippen LogP contribution in [0.25, 0.3) is 0 Å². The Morgan fingerprint density at radius 1 is 0.762 bits per heavy atom. The van der Waals surface area contributed by atoms with Crippen LogP contribution in [0.2, 0.25) is 0 Å². The van der Waals surface area contributed by atoms with Gasteiger partial charge in [-0.15, -0.1) is 0 Å². The summed E-state index contributed by atoms with van der Waals surface area (Å²) in [4.78, 5) is 48.9. The van der Waals surface area contributed by atoms with Crippen LogP contribution in [-0.2, 0) is 34.9 Å². The molecule has 0 spiro atoms. The average Bonchev–Trinajstić information content (AvgIpc) is 2.90. The van der Waals surface area contributed by atoms with E-state index in [4.69, 9.17) is 33.2 Å². The van der Waals surface area contributed by atoms with Crippen LogP contribution in [0.4, 0.5) is 14.4 Å². The third-order valence-electron chi connectivity index (χ3n) is 5.25. The molecule has 12 nitrogen and oxygen atoms in total. The Morgan fingerprint density at radius 3 is 1.88 bits per heavy atom. The maximum absolute atomic E-state index is 12.4. The van der Waals surface area contributed by atoms with Crippen molar-refractivity contribution >= 4 is 24.4 Å². The fourth-order valence-corrected chi connectivity index (χ4v) is 3.17. The van der Waals surface area contributed by atoms with Gasteiger partial charge >= 0.3 is 24.4 Å². The summed E-state index contributed by atoms with van der Waals surface area (Å²) in [6, 6.07) is 3.64. The van der Waals surface area contributed by atoms with E-state index in [9.17, 15) is 19.2 Å². The van der Waals surface area contributed by atoms with Crippen molar-refractivity contribution in [3.05, 3.63) is 23.8 Å². The first-order chi connectivity index (χ1) is 19.6. The van der Waals surface area contributed by atoms with E-state index < -0.39 is 30.5 Å². The fraction of sp³-hybridized carbons (Fsp3) is 0.667. The van der Waals surface area contributed by atoms with Crippen LogP contribution in [-0.4, -0.2) is 70.6 Å². The molecule has 0 saturated carbocycles. The molecule has 0 aliphatic rings. The van der Waals surface area contributed by atoms with Crippen LogP contribution in [0.5, 0.6) is 11.5 Å². The summed E-state index contributed by atoms with van der Waals surface area (Å²) in [6.45, 7) is 14.0. The van der Waals surface area contributed by atoms with Crippen LogP contribution in [0.1, 0.15) is 73.3 Å². The van der Waals surface area contributed by atoms with E-state index >= 15 is 0 Å². The molecule has 0 bridgehead atoms. The number of methoxy groups -OCH3 is 1. The van der Waals surface area contributed by atoms with Crippen LogP contribution in [0.15, 0.2) is 18.2 Å². The highest BCUT2D eigenvalue weighted by molar-refractivity contribution is 5.76. The number of esters is 1. The predicted molar refractivity (Wildman–Crippen MR) is 154 cm³/mol. The zero-order chi connectivity index (χ0) is 31.8. The van der Waals surface area contributed by atoms with E-state index in [-0.39, 0.29) is 61.7 Å². The molecule has 1 rings (SSSR count). The molecule has 12 heteroatoms. The Kier molecular flexibility index (Phi) is 15.7. The van der Waals surface area contributed by atoms with Gasteiger partial charge in [0.2, 0.25) is 0 Å². The van der Waals surface area contributed by atoms with E-state index in [0.29, 0.717) is 5.56 Å². The third kappa shape index (κ3) is 16.7. The minimum atomic E-state index is -0.989. The molecule has 0 aliphatic carbocycles. The van der Waals surface area contributed by atoms with Crippen LogP contribution >= 0.6 is 0 Å². The van der Waals surface area contributed by atoms with Crippen LogP contribution in [0.3, 0.4) is 0 Å². The monoisotopic (exact) mass is 597 g/mol. The number of ether oxygens (including phenoxy) is 7. The van der Waals surface area contributed by atoms with Gasteiger partial charge in [0.05, 0.1) is 26.9 Å². The molecule has 0 fully saturated rings. The summed E-state index contributed by atoms with van der Waals surface area (Å²) in [7, 11) is 1.25. The summed E-state index contributed by atoms with van der Waals surface area (Å²) in [5, 5.41) is 2.98. The lowest BCUT2D eigenvalue weighted by Gasteiger charge is -2.20. The molecule has 0 unspecified atom stereocenters. The summed E-state index contributed by atoms with van der Waals surface area (Å²) in [5.41, 5.74) is -0.0380. The number of hydrogen-bond donors (Lipinski definition) is 1. The number of carbonyl (C=O) groups excluding carboxylic acids is 4. The smallest absolute Gasteiger partial charge is 0.468 e. The second kappa shape index (κ2) is 18.1. The van der Waals surface area contributed by atoms with E-state index in [1.165, 1.54) is 19.2 Å². The second-order valence-corrected chi connectivity index (χ2v) is 12.1. The van der Waals surface area contributed by atoms with Crippen molar-refractivity contribution in [3.8, 4) is 11.5 Å². The molecular weight excluding hydrogens is 550 g/mol. The Morgan fingerprint density at radius 2 is 1.33 bits per heavy atom. The highest BCUT2D eigenvalue weighted by atomic mass is 16.7. The highest BCUT2D eigenvalue weighted by Crippen LogP contribution is 2.30. The molecule has 1 aromatic carbocycles. The maximum atomic E-state index is 12.4. The number of benzene rings is 1. The van der Waals surface area contributed by atoms with Gasteiger partial charge in [0, 0.05) is 6.54 Å². The van der Waals surface area contributed by atoms with Gasteiger partial charge in [-0.1, -0.05) is 67.4 Å². The largest absolute Gasteiger partial charge is 0.513 e. The molecule has 42 heavy (non-hydrogen) atoms. The minimum absolute atomic E-state index is 0.0302. The topological polar surface area (TPSA) is 145 Å². The first-order valence-electron chi connectivity index (χ1n) is 14.1. The van der Waals surface area contributed by atoms with E-state index in [1.807, 2.05) is 48.5 Å². The standard InChI is InChI=1S/C30H47NO11/c1-9-10-11-15-37-26(33)38-16-14-31-22(25(32)36-8)17-21-12-13-23(41-27(34)39-19-29(2,3)4)24(18-21)42-28(35)40-20-30(5,6)7/h12-13,18,22,31H,9-11,14-17,19-20H2,1-8H3/t22-/m0/s1. The highest BCUT2D eigenvalue weighted by Gasteiger charge is 2.23. The van der Waals surface area contributed by atoms with Crippen molar-refractivity contribution in [3.63, 3.8) is 0 Å². The average molecular weight is 598 g/mol. The molecule has 1 N–H and O–H groups in total. The number of unbranched alkanes of at least 4 members (excludes halogenated alkanes) is 2. The Bertz CT molecular complexity index is 1010. The zero-order valence-corrected chi connectivity index (χ0v) is 26.2. The van der Waals surface area contributed by atoms with Gasteiger partial charge in [0.25, 0.3) is 0 Å². The van der Waals surface area contributed by atoms with Gasteiger partial charge < -0.3 is 38.5 Å². The number of hydrogen-bond acceptors (Lipinski definition) is 12. The molecular formula is C30H47NO11. The predicted octanol–water partition coefficient (Wildman–Crippen LogP) is 5.83. The Balaban J connectivity index is 2.95. The normalized spacial score (nSPS) is 12.1. The molecule has 0 heterocycles. The first-order valence-corrected chi connectivity index (χ1v) is 14.1. The third-order valence-corrected chi connectivity index (χ3v) is 5.25. The Labute approximate surface area is 248 Å². The summed E-state index contributed by atoms with van der Waals surface area (Å²) in [6.07, 6.45) is 0.0898. The lowest BCUT2D eigenvalue weighted by atomic mass is 9.99. The SMILES string of the molecule is CCCCCOC(=O)OCCN[C@@H](Cc1ccc(OC(=O)OCC(C)(C)C)c(OC(=O)OCC(C)(C)C)c1)C(=O)OC. The van der Waals surface area contributed by atoms with Gasteiger partial charge in [-0.25, -0.2) is 14.4 Å². The Hall–Kier alpha value is -3.54. The van der Waals surface area contributed by atoms with Gasteiger partial charge in [-0.2, -0.15) is 0 Å². The first kappa shape index (κ1) is 36.5. The molecule has 0 aliphatic heterocycles. The van der Waals surface area contributed by atoms with Gasteiger partial charge in [0.15, 0.2) is 11.5 Å². The fourth-order valence-electron chi connectivity index (χ4n) is 3.17. The quantitative estimate of drug-likeness (QED) is 0.112. The van der Waals surface area contributed by atoms with Crippen LogP contribution in [0, 0.1) is 10.8 Å². The maximum Gasteiger partial charge on any atom is 0.513 e. The van der Waals surface area contributed by atoms with Crippen molar-refractivity contribution in [2.75, 3.05) is 40.1 Å². The summed E-state index contributed by atoms with van der Waals surface area (Å²) < 4.78 is 35.9. The van der Waals surface area contributed by atoms with Gasteiger partial charge in [-0.05, 0) is 41.4 Å². The molecule has 0 amide bonds. The molecule has 0 radical (unpaired) electrons. The lowest BCUT2D eigenvalue weighted by molar-refractivity contribution is -0.143. The molecule has 0 saturated heterocycles. The summed E-state index contributed by atoms with van der Waals surface area (Å²) in [5.74, 6) is -0.731. The minimum Gasteiger partial charge on any atom is -0.468 e. The number of nitrogens with one attached hydrogen (secondary N) is 1. The number of carbonyl (C=O) groups is 4. The summed E-state index contributed by atoms with van der Waals surface area (Å²) >= 11 is 0. The van der Waals surface area contributed by atoms with Crippen molar-refractivity contribution in [2.45, 2.75) is 80.2 Å². The van der Waals surface area contributed by atoms with Gasteiger partial charge in [-0.3, -0.25) is 4.79 Å². The van der Waals surface area contributed by atoms with Crippen molar-refractivity contribution < 1.29 is 52.3 Å². The van der Waals surface area contributed by atoms with E-state index in [2.05, 4.69) is 5.32 Å². The molecule has 1 aromatic rings. The lowest BCUT2D eigenvalue weighted by Crippen LogP contribution is -2.41. The van der Waals surface area contributed by atoms with Crippen molar-refractivity contribution in [1.29, 1.82) is 0 Å². The van der Waals surface area contributed by atoms with Crippen LogP contribution < -0.4 is 14.8 Å². The van der Waals surface area contributed by atoms with E-state index in [1.54, 1.807) is 6.07 Å². The second-order valence-electron chi connectivity index (χ2n) is 12.1. The molecule has 238 valence electrons.